The first-order chi connectivity index (χ1) is 6.31. The van der Waals surface area contributed by atoms with Crippen molar-refractivity contribution in [2.75, 3.05) is 0 Å². The fraction of sp³-hybridized carbons (Fsp3) is 0.692. The molecule has 0 saturated carbocycles. The van der Waals surface area contributed by atoms with Gasteiger partial charge in [0.15, 0.2) is 0 Å². The van der Waals surface area contributed by atoms with E-state index >= 15 is 0 Å². The molecule has 0 aliphatic rings. The van der Waals surface area contributed by atoms with Crippen LogP contribution in [0.4, 0.5) is 0 Å². The van der Waals surface area contributed by atoms with Gasteiger partial charge in [-0.25, -0.2) is 0 Å². The predicted octanol–water partition coefficient (Wildman–Crippen LogP) is 5.02. The second kappa shape index (κ2) is 6.71. The van der Waals surface area contributed by atoms with Crippen molar-refractivity contribution in [1.82, 2.24) is 0 Å². The van der Waals surface area contributed by atoms with Crippen LogP contribution in [0, 0.1) is 0 Å². The summed E-state index contributed by atoms with van der Waals surface area (Å²) in [6.45, 7) is 6.62. The number of hydrogen-bond acceptors (Lipinski definition) is 0. The minimum absolute atomic E-state index is 1.21. The third-order valence-corrected chi connectivity index (χ3v) is 6.23. The average Bonchev–Trinajstić information content (AvgIpc) is 1.99. The molecule has 0 aromatic carbocycles. The van der Waals surface area contributed by atoms with E-state index in [9.17, 15) is 0 Å². The van der Waals surface area contributed by atoms with Crippen LogP contribution in [0.3, 0.4) is 0 Å². The maximum absolute atomic E-state index is 2.49. The SMILES string of the molecule is CC(C)=CCCC(C)=C[CH2][Sn]([CH3])([CH3])[CH3]. The van der Waals surface area contributed by atoms with E-state index in [4.69, 9.17) is 0 Å². The zero-order chi connectivity index (χ0) is 11.2. The Morgan fingerprint density at radius 3 is 2.00 bits per heavy atom. The molecule has 0 aliphatic carbocycles. The van der Waals surface area contributed by atoms with E-state index < -0.39 is 18.4 Å². The van der Waals surface area contributed by atoms with Crippen molar-refractivity contribution in [3.8, 4) is 0 Å². The molecule has 0 aromatic heterocycles. The van der Waals surface area contributed by atoms with Crippen molar-refractivity contribution in [1.29, 1.82) is 0 Å². The van der Waals surface area contributed by atoms with Gasteiger partial charge in [-0.1, -0.05) is 0 Å². The molecule has 14 heavy (non-hydrogen) atoms. The summed E-state index contributed by atoms with van der Waals surface area (Å²) in [5.41, 5.74) is 3.02. The van der Waals surface area contributed by atoms with Crippen LogP contribution in [-0.2, 0) is 0 Å². The Labute approximate surface area is 94.4 Å². The zero-order valence-corrected chi connectivity index (χ0v) is 13.6. The van der Waals surface area contributed by atoms with Gasteiger partial charge in [0.1, 0.15) is 0 Å². The maximum atomic E-state index is 2.49. The van der Waals surface area contributed by atoms with Gasteiger partial charge in [-0.05, 0) is 0 Å². The van der Waals surface area contributed by atoms with E-state index in [1.165, 1.54) is 22.9 Å². The summed E-state index contributed by atoms with van der Waals surface area (Å²) in [6, 6.07) is 0. The fourth-order valence-corrected chi connectivity index (χ4v) is 3.91. The summed E-state index contributed by atoms with van der Waals surface area (Å²) in [5, 5.41) is 0. The third kappa shape index (κ3) is 10.4. The summed E-state index contributed by atoms with van der Waals surface area (Å²) in [6.07, 6.45) is 7.27. The minimum atomic E-state index is -1.54. The van der Waals surface area contributed by atoms with Crippen LogP contribution in [0.25, 0.3) is 0 Å². The summed E-state index contributed by atoms with van der Waals surface area (Å²) in [7, 11) is 0. The van der Waals surface area contributed by atoms with Crippen LogP contribution in [0.15, 0.2) is 23.3 Å². The monoisotopic (exact) mass is 302 g/mol. The Kier molecular flexibility index (Phi) is 6.84. The van der Waals surface area contributed by atoms with Crippen molar-refractivity contribution >= 4 is 18.4 Å². The van der Waals surface area contributed by atoms with Crippen molar-refractivity contribution in [3.05, 3.63) is 23.3 Å². The molecule has 0 spiro atoms. The number of hydrogen-bond donors (Lipinski definition) is 0. The van der Waals surface area contributed by atoms with Gasteiger partial charge < -0.3 is 0 Å². The molecule has 0 unspecified atom stereocenters. The van der Waals surface area contributed by atoms with E-state index in [-0.39, 0.29) is 0 Å². The Morgan fingerprint density at radius 1 is 1.00 bits per heavy atom. The molecular weight excluding hydrogens is 275 g/mol. The van der Waals surface area contributed by atoms with Crippen molar-refractivity contribution < 1.29 is 0 Å². The predicted molar refractivity (Wildman–Crippen MR) is 70.6 cm³/mol. The fourth-order valence-electron chi connectivity index (χ4n) is 1.17. The van der Waals surface area contributed by atoms with Crippen LogP contribution in [0.2, 0.25) is 19.3 Å². The molecule has 1 heteroatoms. The van der Waals surface area contributed by atoms with Crippen LogP contribution in [-0.4, -0.2) is 18.4 Å². The first kappa shape index (κ1) is 14.3. The Morgan fingerprint density at radius 2 is 1.57 bits per heavy atom. The van der Waals surface area contributed by atoms with E-state index in [0.717, 1.165) is 0 Å². The van der Waals surface area contributed by atoms with E-state index in [1.807, 2.05) is 0 Å². The zero-order valence-electron chi connectivity index (χ0n) is 10.8. The van der Waals surface area contributed by atoms with Crippen LogP contribution in [0.1, 0.15) is 33.6 Å². The molecule has 0 N–H and O–H groups in total. The molecule has 0 bridgehead atoms. The summed E-state index contributed by atoms with van der Waals surface area (Å²) in [4.78, 5) is 7.48. The van der Waals surface area contributed by atoms with E-state index in [1.54, 1.807) is 5.57 Å². The topological polar surface area (TPSA) is 0 Å². The van der Waals surface area contributed by atoms with Gasteiger partial charge in [0, 0.05) is 0 Å². The van der Waals surface area contributed by atoms with Crippen molar-refractivity contribution in [3.63, 3.8) is 0 Å². The second-order valence-electron chi connectivity index (χ2n) is 5.64. The van der Waals surface area contributed by atoms with Crippen molar-refractivity contribution in [2.45, 2.75) is 52.9 Å². The number of allylic oxidation sites excluding steroid dienone is 4. The third-order valence-electron chi connectivity index (χ3n) is 2.15. The molecule has 0 heterocycles. The van der Waals surface area contributed by atoms with Gasteiger partial charge in [0.25, 0.3) is 0 Å². The average molecular weight is 301 g/mol. The van der Waals surface area contributed by atoms with Crippen LogP contribution >= 0.6 is 0 Å². The van der Waals surface area contributed by atoms with Gasteiger partial charge in [-0.15, -0.1) is 0 Å². The van der Waals surface area contributed by atoms with Crippen molar-refractivity contribution in [2.24, 2.45) is 0 Å². The quantitative estimate of drug-likeness (QED) is 0.494. The normalized spacial score (nSPS) is 12.9. The molecule has 0 radical (unpaired) electrons. The second-order valence-corrected chi connectivity index (χ2v) is 21.4. The van der Waals surface area contributed by atoms with Gasteiger partial charge in [-0.2, -0.15) is 0 Å². The summed E-state index contributed by atoms with van der Waals surface area (Å²) >= 11 is -1.54. The molecule has 0 nitrogen and oxygen atoms in total. The molecule has 0 aromatic rings. The molecule has 0 saturated heterocycles. The van der Waals surface area contributed by atoms with E-state index in [0.29, 0.717) is 0 Å². The molecule has 0 rings (SSSR count). The van der Waals surface area contributed by atoms with Gasteiger partial charge >= 0.3 is 94.5 Å². The van der Waals surface area contributed by atoms with Crippen LogP contribution in [0.5, 0.6) is 0 Å². The summed E-state index contributed by atoms with van der Waals surface area (Å²) < 4.78 is 1.40. The van der Waals surface area contributed by atoms with Gasteiger partial charge in [0.2, 0.25) is 0 Å². The standard InChI is InChI=1S/C10H17.3CH3.Sn/c1-5-10(4)8-6-7-9(2)3;;;;/h5,7H,1,6,8H2,2-4H3;3*1H3;. The van der Waals surface area contributed by atoms with Gasteiger partial charge in [0.05, 0.1) is 0 Å². The summed E-state index contributed by atoms with van der Waals surface area (Å²) in [5.74, 6) is 0. The molecule has 0 fully saturated rings. The molecule has 0 aliphatic heterocycles. The molecular formula is C13H26Sn. The molecule has 0 atom stereocenters. The molecule has 0 amide bonds. The van der Waals surface area contributed by atoms with Crippen LogP contribution < -0.4 is 0 Å². The number of rotatable bonds is 5. The Hall–Kier alpha value is 0.279. The van der Waals surface area contributed by atoms with Gasteiger partial charge in [-0.3, -0.25) is 0 Å². The Balaban J connectivity index is 3.85. The molecule has 82 valence electrons. The first-order valence-corrected chi connectivity index (χ1v) is 16.2. The first-order valence-electron chi connectivity index (χ1n) is 5.60. The van der Waals surface area contributed by atoms with E-state index in [2.05, 4.69) is 47.7 Å². The Bertz CT molecular complexity index is 212.